The first-order valence-corrected chi connectivity index (χ1v) is 9.77. The average Bonchev–Trinajstić information content (AvgIpc) is 2.62. The van der Waals surface area contributed by atoms with Gasteiger partial charge in [0.1, 0.15) is 11.4 Å². The fraction of sp³-hybridized carbons (Fsp3) is 0.600. The van der Waals surface area contributed by atoms with Crippen LogP contribution in [0.3, 0.4) is 0 Å². The van der Waals surface area contributed by atoms with Gasteiger partial charge in [-0.1, -0.05) is 17.7 Å². The SMILES string of the molecule is CC(C(=O)N(C)Cc1c(F)cccc1Cl)N1CCN(C(=O)OC(C)(C)C)CC1. The lowest BCUT2D eigenvalue weighted by molar-refractivity contribution is -0.136. The van der Waals surface area contributed by atoms with Crippen molar-refractivity contribution in [1.29, 1.82) is 0 Å². The summed E-state index contributed by atoms with van der Waals surface area (Å²) in [6, 6.07) is 4.10. The lowest BCUT2D eigenvalue weighted by Crippen LogP contribution is -2.55. The smallest absolute Gasteiger partial charge is 0.410 e. The maximum atomic E-state index is 14.0. The number of halogens is 2. The molecule has 8 heteroatoms. The molecule has 1 aliphatic rings. The zero-order valence-corrected chi connectivity index (χ0v) is 17.9. The Bertz CT molecular complexity index is 695. The first kappa shape index (κ1) is 22.4. The molecular weight excluding hydrogens is 385 g/mol. The van der Waals surface area contributed by atoms with E-state index in [1.807, 2.05) is 32.6 Å². The molecule has 0 aromatic heterocycles. The summed E-state index contributed by atoms with van der Waals surface area (Å²) in [5, 5.41) is 0.304. The van der Waals surface area contributed by atoms with Gasteiger partial charge in [-0.2, -0.15) is 0 Å². The second-order valence-electron chi connectivity index (χ2n) is 8.07. The van der Waals surface area contributed by atoms with E-state index in [2.05, 4.69) is 0 Å². The van der Waals surface area contributed by atoms with E-state index in [1.165, 1.54) is 17.0 Å². The second-order valence-corrected chi connectivity index (χ2v) is 8.48. The topological polar surface area (TPSA) is 53.1 Å². The molecule has 2 rings (SSSR count). The van der Waals surface area contributed by atoms with E-state index in [4.69, 9.17) is 16.3 Å². The maximum absolute atomic E-state index is 14.0. The van der Waals surface area contributed by atoms with Crippen molar-refractivity contribution in [3.8, 4) is 0 Å². The Morgan fingerprint density at radius 3 is 2.39 bits per heavy atom. The van der Waals surface area contributed by atoms with Crippen LogP contribution in [0.25, 0.3) is 0 Å². The van der Waals surface area contributed by atoms with Crippen molar-refractivity contribution in [3.05, 3.63) is 34.6 Å². The highest BCUT2D eigenvalue weighted by molar-refractivity contribution is 6.31. The van der Waals surface area contributed by atoms with Crippen LogP contribution in [-0.4, -0.2) is 71.6 Å². The third kappa shape index (κ3) is 5.82. The molecular formula is C20H29ClFN3O3. The van der Waals surface area contributed by atoms with Gasteiger partial charge >= 0.3 is 6.09 Å². The Morgan fingerprint density at radius 2 is 1.86 bits per heavy atom. The highest BCUT2D eigenvalue weighted by Crippen LogP contribution is 2.21. The number of hydrogen-bond donors (Lipinski definition) is 0. The zero-order chi connectivity index (χ0) is 21.1. The quantitative estimate of drug-likeness (QED) is 0.759. The van der Waals surface area contributed by atoms with Crippen LogP contribution in [0.4, 0.5) is 9.18 Å². The highest BCUT2D eigenvalue weighted by atomic mass is 35.5. The fourth-order valence-electron chi connectivity index (χ4n) is 3.09. The van der Waals surface area contributed by atoms with Crippen LogP contribution in [0.15, 0.2) is 18.2 Å². The summed E-state index contributed by atoms with van der Waals surface area (Å²) in [5.41, 5.74) is -0.226. The van der Waals surface area contributed by atoms with Gasteiger partial charge in [-0.05, 0) is 39.8 Å². The normalized spacial score (nSPS) is 16.6. The van der Waals surface area contributed by atoms with Crippen LogP contribution in [-0.2, 0) is 16.1 Å². The second kappa shape index (κ2) is 9.09. The molecule has 0 spiro atoms. The van der Waals surface area contributed by atoms with Crippen molar-refractivity contribution in [1.82, 2.24) is 14.7 Å². The van der Waals surface area contributed by atoms with E-state index in [9.17, 15) is 14.0 Å². The van der Waals surface area contributed by atoms with Crippen molar-refractivity contribution >= 4 is 23.6 Å². The van der Waals surface area contributed by atoms with Gasteiger partial charge in [0, 0.05) is 50.4 Å². The van der Waals surface area contributed by atoms with Crippen molar-refractivity contribution in [3.63, 3.8) is 0 Å². The average molecular weight is 414 g/mol. The van der Waals surface area contributed by atoms with Crippen molar-refractivity contribution < 1.29 is 18.7 Å². The zero-order valence-electron chi connectivity index (χ0n) is 17.2. The lowest BCUT2D eigenvalue weighted by Gasteiger charge is -2.38. The molecule has 1 aromatic carbocycles. The van der Waals surface area contributed by atoms with Gasteiger partial charge < -0.3 is 14.5 Å². The van der Waals surface area contributed by atoms with E-state index in [0.717, 1.165) is 0 Å². The monoisotopic (exact) mass is 413 g/mol. The van der Waals surface area contributed by atoms with E-state index in [-0.39, 0.29) is 24.6 Å². The van der Waals surface area contributed by atoms with Crippen LogP contribution in [0.5, 0.6) is 0 Å². The molecule has 1 fully saturated rings. The summed E-state index contributed by atoms with van der Waals surface area (Å²) in [7, 11) is 1.64. The molecule has 156 valence electrons. The summed E-state index contributed by atoms with van der Waals surface area (Å²) >= 11 is 6.06. The minimum absolute atomic E-state index is 0.104. The fourth-order valence-corrected chi connectivity index (χ4v) is 3.31. The number of rotatable bonds is 4. The molecule has 28 heavy (non-hydrogen) atoms. The number of piperazine rings is 1. The summed E-state index contributed by atoms with van der Waals surface area (Å²) in [6.45, 7) is 9.56. The molecule has 1 atom stereocenters. The van der Waals surface area contributed by atoms with Crippen LogP contribution in [0.2, 0.25) is 5.02 Å². The Balaban J connectivity index is 1.91. The van der Waals surface area contributed by atoms with Gasteiger partial charge in [0.15, 0.2) is 0 Å². The van der Waals surface area contributed by atoms with Gasteiger partial charge in [-0.25, -0.2) is 9.18 Å². The number of carbonyl (C=O) groups is 2. The Kier molecular flexibility index (Phi) is 7.28. The number of likely N-dealkylation sites (N-methyl/N-ethyl adjacent to an activating group) is 1. The third-order valence-electron chi connectivity index (χ3n) is 4.70. The molecule has 1 aromatic rings. The molecule has 0 bridgehead atoms. The van der Waals surface area contributed by atoms with Crippen LogP contribution in [0.1, 0.15) is 33.3 Å². The minimum Gasteiger partial charge on any atom is -0.444 e. The molecule has 1 heterocycles. The molecule has 6 nitrogen and oxygen atoms in total. The van der Waals surface area contributed by atoms with Crippen LogP contribution in [0, 0.1) is 5.82 Å². The lowest BCUT2D eigenvalue weighted by atomic mass is 10.1. The molecule has 0 N–H and O–H groups in total. The van der Waals surface area contributed by atoms with Crippen molar-refractivity contribution in [2.75, 3.05) is 33.2 Å². The number of ether oxygens (including phenoxy) is 1. The summed E-state index contributed by atoms with van der Waals surface area (Å²) in [4.78, 5) is 30.1. The van der Waals surface area contributed by atoms with Crippen LogP contribution < -0.4 is 0 Å². The molecule has 0 radical (unpaired) electrons. The van der Waals surface area contributed by atoms with Crippen LogP contribution >= 0.6 is 11.6 Å². The third-order valence-corrected chi connectivity index (χ3v) is 5.06. The minimum atomic E-state index is -0.534. The molecule has 1 saturated heterocycles. The van der Waals surface area contributed by atoms with E-state index >= 15 is 0 Å². The highest BCUT2D eigenvalue weighted by Gasteiger charge is 2.31. The Hall–Kier alpha value is -1.86. The number of carbonyl (C=O) groups excluding carboxylic acids is 2. The predicted molar refractivity (Wildman–Crippen MR) is 107 cm³/mol. The molecule has 2 amide bonds. The summed E-state index contributed by atoms with van der Waals surface area (Å²) < 4.78 is 19.4. The Labute approximate surface area is 171 Å². The van der Waals surface area contributed by atoms with E-state index in [0.29, 0.717) is 36.8 Å². The first-order valence-electron chi connectivity index (χ1n) is 9.39. The van der Waals surface area contributed by atoms with Gasteiger partial charge in [-0.3, -0.25) is 9.69 Å². The summed E-state index contributed by atoms with van der Waals surface area (Å²) in [5.74, 6) is -0.546. The Morgan fingerprint density at radius 1 is 1.25 bits per heavy atom. The first-order chi connectivity index (χ1) is 13.0. The summed E-state index contributed by atoms with van der Waals surface area (Å²) in [6.07, 6.45) is -0.336. The number of hydrogen-bond acceptors (Lipinski definition) is 4. The number of nitrogens with zero attached hydrogens (tertiary/aromatic N) is 3. The number of amides is 2. The predicted octanol–water partition coefficient (Wildman–Crippen LogP) is 3.38. The van der Waals surface area contributed by atoms with E-state index in [1.54, 1.807) is 18.0 Å². The van der Waals surface area contributed by atoms with Gasteiger partial charge in [0.25, 0.3) is 0 Å². The molecule has 0 aliphatic carbocycles. The molecule has 1 aliphatic heterocycles. The molecule has 1 unspecified atom stereocenters. The van der Waals surface area contributed by atoms with Crippen molar-refractivity contribution in [2.45, 2.75) is 45.9 Å². The van der Waals surface area contributed by atoms with Gasteiger partial charge in [0.05, 0.1) is 6.04 Å². The molecule has 0 saturated carbocycles. The van der Waals surface area contributed by atoms with Crippen molar-refractivity contribution in [2.24, 2.45) is 0 Å². The maximum Gasteiger partial charge on any atom is 0.410 e. The number of benzene rings is 1. The largest absolute Gasteiger partial charge is 0.444 e. The van der Waals surface area contributed by atoms with Gasteiger partial charge in [0.2, 0.25) is 5.91 Å². The van der Waals surface area contributed by atoms with Gasteiger partial charge in [-0.15, -0.1) is 0 Å². The van der Waals surface area contributed by atoms with E-state index < -0.39 is 11.4 Å². The standard InChI is InChI=1S/C20H29ClFN3O3/c1-14(18(26)23(5)13-15-16(21)7-6-8-17(15)22)24-9-11-25(12-10-24)19(27)28-20(2,3)4/h6-8,14H,9-13H2,1-5H3.